The number of anilines is 2. The summed E-state index contributed by atoms with van der Waals surface area (Å²) in [7, 11) is 1.70. The Hall–Kier alpha value is -1.73. The molecule has 1 aromatic carbocycles. The van der Waals surface area contributed by atoms with Gasteiger partial charge < -0.3 is 15.0 Å². The first-order valence-corrected chi connectivity index (χ1v) is 7.46. The van der Waals surface area contributed by atoms with Crippen molar-refractivity contribution in [3.05, 3.63) is 18.2 Å². The molecule has 1 unspecified atom stereocenters. The van der Waals surface area contributed by atoms with E-state index in [4.69, 9.17) is 4.74 Å². The highest BCUT2D eigenvalue weighted by atomic mass is 32.2. The maximum Gasteiger partial charge on any atom is 0.264 e. The number of rotatable bonds is 2. The summed E-state index contributed by atoms with van der Waals surface area (Å²) in [6.45, 7) is 0.0540. The van der Waals surface area contributed by atoms with Crippen LogP contribution >= 0.6 is 11.8 Å². The van der Waals surface area contributed by atoms with Crippen molar-refractivity contribution in [1.29, 1.82) is 0 Å². The van der Waals surface area contributed by atoms with Gasteiger partial charge in [0.2, 0.25) is 5.91 Å². The van der Waals surface area contributed by atoms with Crippen molar-refractivity contribution in [2.75, 3.05) is 35.5 Å². The zero-order chi connectivity index (χ0) is 14.1. The second-order valence-corrected chi connectivity index (χ2v) is 5.72. The van der Waals surface area contributed by atoms with Crippen LogP contribution in [0.5, 0.6) is 5.75 Å². The molecular formula is C13H15N3O3S. The van der Waals surface area contributed by atoms with E-state index in [1.54, 1.807) is 37.0 Å². The SMILES string of the molecule is CN1C(=O)COc2ccc(NC(=O)C3CSCN3)cc21. The molecule has 1 aromatic rings. The van der Waals surface area contributed by atoms with Crippen LogP contribution in [0.3, 0.4) is 0 Å². The van der Waals surface area contributed by atoms with Crippen LogP contribution in [0.4, 0.5) is 11.4 Å². The number of likely N-dealkylation sites (N-methyl/N-ethyl adjacent to an activating group) is 1. The first-order valence-electron chi connectivity index (χ1n) is 6.30. The average Bonchev–Trinajstić information content (AvgIpc) is 2.98. The largest absolute Gasteiger partial charge is 0.482 e. The van der Waals surface area contributed by atoms with Crippen LogP contribution < -0.4 is 20.3 Å². The highest BCUT2D eigenvalue weighted by Crippen LogP contribution is 2.33. The molecule has 2 heterocycles. The second kappa shape index (κ2) is 5.34. The van der Waals surface area contributed by atoms with Crippen molar-refractivity contribution >= 4 is 35.0 Å². The van der Waals surface area contributed by atoms with Crippen LogP contribution in [0.15, 0.2) is 18.2 Å². The lowest BCUT2D eigenvalue weighted by molar-refractivity contribution is -0.121. The standard InChI is InChI=1S/C13H15N3O3S/c1-16-10-4-8(2-3-11(10)19-5-12(16)17)15-13(18)9-6-20-7-14-9/h2-4,9,14H,5-7H2,1H3,(H,15,18). The molecule has 2 amide bonds. The average molecular weight is 293 g/mol. The van der Waals surface area contributed by atoms with Crippen LogP contribution in [-0.2, 0) is 9.59 Å². The molecule has 6 nitrogen and oxygen atoms in total. The Bertz CT molecular complexity index is 558. The Balaban J connectivity index is 1.78. The van der Waals surface area contributed by atoms with E-state index in [1.165, 1.54) is 4.90 Å². The third kappa shape index (κ3) is 2.46. The molecule has 0 spiro atoms. The number of nitrogens with zero attached hydrogens (tertiary/aromatic N) is 1. The number of hydrogen-bond acceptors (Lipinski definition) is 5. The fraction of sp³-hybridized carbons (Fsp3) is 0.385. The predicted octanol–water partition coefficient (Wildman–Crippen LogP) is 0.643. The number of amides is 2. The summed E-state index contributed by atoms with van der Waals surface area (Å²) in [6.07, 6.45) is 0. The Labute approximate surface area is 120 Å². The maximum absolute atomic E-state index is 12.0. The molecule has 2 aliphatic heterocycles. The van der Waals surface area contributed by atoms with E-state index in [0.717, 1.165) is 11.6 Å². The molecule has 106 valence electrons. The van der Waals surface area contributed by atoms with Crippen molar-refractivity contribution in [3.63, 3.8) is 0 Å². The molecule has 0 bridgehead atoms. The molecule has 2 aliphatic rings. The van der Waals surface area contributed by atoms with Gasteiger partial charge in [-0.25, -0.2) is 0 Å². The molecule has 1 atom stereocenters. The van der Waals surface area contributed by atoms with E-state index in [2.05, 4.69) is 10.6 Å². The Morgan fingerprint density at radius 2 is 2.40 bits per heavy atom. The van der Waals surface area contributed by atoms with Gasteiger partial charge in [-0.3, -0.25) is 14.9 Å². The zero-order valence-electron chi connectivity index (χ0n) is 11.0. The number of nitrogens with one attached hydrogen (secondary N) is 2. The Morgan fingerprint density at radius 3 is 3.15 bits per heavy atom. The molecule has 0 aliphatic carbocycles. The van der Waals surface area contributed by atoms with Crippen LogP contribution in [0.25, 0.3) is 0 Å². The van der Waals surface area contributed by atoms with Crippen LogP contribution in [0, 0.1) is 0 Å². The molecule has 7 heteroatoms. The Morgan fingerprint density at radius 1 is 1.55 bits per heavy atom. The first kappa shape index (κ1) is 13.3. The van der Waals surface area contributed by atoms with Crippen LogP contribution in [0.2, 0.25) is 0 Å². The zero-order valence-corrected chi connectivity index (χ0v) is 11.8. The van der Waals surface area contributed by atoms with Gasteiger partial charge in [0.05, 0.1) is 11.7 Å². The summed E-state index contributed by atoms with van der Waals surface area (Å²) in [4.78, 5) is 25.2. The molecule has 0 radical (unpaired) electrons. The summed E-state index contributed by atoms with van der Waals surface area (Å²) in [6, 6.07) is 5.14. The van der Waals surface area contributed by atoms with Gasteiger partial charge in [0, 0.05) is 24.4 Å². The van der Waals surface area contributed by atoms with Crippen LogP contribution in [-0.4, -0.2) is 43.1 Å². The third-order valence-electron chi connectivity index (χ3n) is 3.35. The van der Waals surface area contributed by atoms with E-state index in [1.807, 2.05) is 0 Å². The monoisotopic (exact) mass is 293 g/mol. The number of carbonyl (C=O) groups is 2. The molecule has 0 aromatic heterocycles. The number of hydrogen-bond donors (Lipinski definition) is 2. The van der Waals surface area contributed by atoms with Gasteiger partial charge in [-0.2, -0.15) is 0 Å². The fourth-order valence-corrected chi connectivity index (χ4v) is 3.08. The van der Waals surface area contributed by atoms with E-state index in [-0.39, 0.29) is 24.5 Å². The molecule has 1 saturated heterocycles. The lowest BCUT2D eigenvalue weighted by Crippen LogP contribution is -2.38. The fourth-order valence-electron chi connectivity index (χ4n) is 2.14. The lowest BCUT2D eigenvalue weighted by atomic mass is 10.2. The number of carbonyl (C=O) groups excluding carboxylic acids is 2. The van der Waals surface area contributed by atoms with Crippen molar-refractivity contribution in [2.45, 2.75) is 6.04 Å². The molecule has 2 N–H and O–H groups in total. The molecule has 1 fully saturated rings. The summed E-state index contributed by atoms with van der Waals surface area (Å²) in [5.74, 6) is 2.07. The molecular weight excluding hydrogens is 278 g/mol. The van der Waals surface area contributed by atoms with Gasteiger partial charge in [-0.1, -0.05) is 0 Å². The first-order chi connectivity index (χ1) is 9.65. The molecule has 3 rings (SSSR count). The topological polar surface area (TPSA) is 70.7 Å². The highest BCUT2D eigenvalue weighted by Gasteiger charge is 2.25. The van der Waals surface area contributed by atoms with Gasteiger partial charge in [-0.15, -0.1) is 11.8 Å². The van der Waals surface area contributed by atoms with Gasteiger partial charge in [0.1, 0.15) is 5.75 Å². The van der Waals surface area contributed by atoms with E-state index >= 15 is 0 Å². The maximum atomic E-state index is 12.0. The van der Waals surface area contributed by atoms with Gasteiger partial charge in [0.15, 0.2) is 6.61 Å². The second-order valence-electron chi connectivity index (χ2n) is 4.69. The van der Waals surface area contributed by atoms with Gasteiger partial charge in [0.25, 0.3) is 5.91 Å². The van der Waals surface area contributed by atoms with Gasteiger partial charge in [-0.05, 0) is 18.2 Å². The number of ether oxygens (including phenoxy) is 1. The normalized spacial score (nSPS) is 21.4. The highest BCUT2D eigenvalue weighted by molar-refractivity contribution is 7.99. The smallest absolute Gasteiger partial charge is 0.264 e. The van der Waals surface area contributed by atoms with Crippen molar-refractivity contribution < 1.29 is 14.3 Å². The minimum atomic E-state index is -0.161. The number of fused-ring (bicyclic) bond motifs is 1. The molecule has 20 heavy (non-hydrogen) atoms. The Kier molecular flexibility index (Phi) is 3.54. The summed E-state index contributed by atoms with van der Waals surface area (Å²) in [5, 5.41) is 5.98. The van der Waals surface area contributed by atoms with Crippen LogP contribution in [0.1, 0.15) is 0 Å². The molecule has 0 saturated carbocycles. The summed E-state index contributed by atoms with van der Waals surface area (Å²) in [5.41, 5.74) is 1.34. The summed E-state index contributed by atoms with van der Waals surface area (Å²) >= 11 is 1.70. The van der Waals surface area contributed by atoms with Gasteiger partial charge >= 0.3 is 0 Å². The third-order valence-corrected chi connectivity index (χ3v) is 4.29. The lowest BCUT2D eigenvalue weighted by Gasteiger charge is -2.26. The van der Waals surface area contributed by atoms with E-state index in [0.29, 0.717) is 17.1 Å². The van der Waals surface area contributed by atoms with E-state index < -0.39 is 0 Å². The van der Waals surface area contributed by atoms with Crippen molar-refractivity contribution in [3.8, 4) is 5.75 Å². The minimum absolute atomic E-state index is 0.0540. The number of thioether (sulfide) groups is 1. The minimum Gasteiger partial charge on any atom is -0.482 e. The summed E-state index contributed by atoms with van der Waals surface area (Å²) < 4.78 is 5.35. The quantitative estimate of drug-likeness (QED) is 0.837. The van der Waals surface area contributed by atoms with Crippen molar-refractivity contribution in [1.82, 2.24) is 5.32 Å². The number of benzene rings is 1. The van der Waals surface area contributed by atoms with E-state index in [9.17, 15) is 9.59 Å². The predicted molar refractivity (Wildman–Crippen MR) is 78.2 cm³/mol. The van der Waals surface area contributed by atoms with Crippen molar-refractivity contribution in [2.24, 2.45) is 0 Å².